The van der Waals surface area contributed by atoms with Crippen molar-refractivity contribution in [3.8, 4) is 11.5 Å². The Morgan fingerprint density at radius 2 is 1.67 bits per heavy atom. The van der Waals surface area contributed by atoms with Crippen LogP contribution in [-0.2, 0) is 9.59 Å². The fourth-order valence-electron chi connectivity index (χ4n) is 2.19. The lowest BCUT2D eigenvalue weighted by molar-refractivity contribution is -0.135. The Labute approximate surface area is 157 Å². The second kappa shape index (κ2) is 10.2. The van der Waals surface area contributed by atoms with Gasteiger partial charge in [0.25, 0.3) is 5.91 Å². The van der Waals surface area contributed by atoms with Crippen molar-refractivity contribution in [1.29, 1.82) is 0 Å². The summed E-state index contributed by atoms with van der Waals surface area (Å²) in [5.41, 5.74) is 0.459. The van der Waals surface area contributed by atoms with Gasteiger partial charge in [0.15, 0.2) is 18.1 Å². The number of hydrogen-bond donors (Lipinski definition) is 1. The van der Waals surface area contributed by atoms with E-state index in [0.29, 0.717) is 23.8 Å². The predicted molar refractivity (Wildman–Crippen MR) is 100 cm³/mol. The van der Waals surface area contributed by atoms with Gasteiger partial charge in [-0.15, -0.1) is 0 Å². The van der Waals surface area contributed by atoms with Gasteiger partial charge in [-0.25, -0.2) is 4.39 Å². The molecule has 0 saturated carbocycles. The van der Waals surface area contributed by atoms with E-state index in [-0.39, 0.29) is 30.8 Å². The smallest absolute Gasteiger partial charge is 0.260 e. The standard InChI is InChI=1S/C20H23FN2O4/c1-3-12-26-17-6-4-5-7-18(17)27-14-20(25)23(2)13-19(24)22-16-10-8-15(21)9-11-16/h4-11H,3,12-14H2,1-2H3,(H,22,24). The number of halogens is 1. The van der Waals surface area contributed by atoms with Gasteiger partial charge in [-0.3, -0.25) is 9.59 Å². The average molecular weight is 374 g/mol. The Bertz CT molecular complexity index is 765. The highest BCUT2D eigenvalue weighted by Crippen LogP contribution is 2.26. The summed E-state index contributed by atoms with van der Waals surface area (Å²) in [7, 11) is 1.51. The maximum absolute atomic E-state index is 12.9. The van der Waals surface area contributed by atoms with E-state index in [9.17, 15) is 14.0 Å². The van der Waals surface area contributed by atoms with Crippen molar-refractivity contribution in [2.24, 2.45) is 0 Å². The topological polar surface area (TPSA) is 67.9 Å². The van der Waals surface area contributed by atoms with E-state index in [1.807, 2.05) is 13.0 Å². The number of rotatable bonds is 9. The second-order valence-electron chi connectivity index (χ2n) is 5.89. The summed E-state index contributed by atoms with van der Waals surface area (Å²) in [6.07, 6.45) is 0.860. The summed E-state index contributed by atoms with van der Waals surface area (Å²) in [4.78, 5) is 25.5. The van der Waals surface area contributed by atoms with Gasteiger partial charge < -0.3 is 19.7 Å². The maximum atomic E-state index is 12.9. The highest BCUT2D eigenvalue weighted by atomic mass is 19.1. The highest BCUT2D eigenvalue weighted by Gasteiger charge is 2.15. The molecular formula is C20H23FN2O4. The molecule has 0 unspecified atom stereocenters. The predicted octanol–water partition coefficient (Wildman–Crippen LogP) is 3.09. The van der Waals surface area contributed by atoms with E-state index in [1.165, 1.54) is 36.2 Å². The fraction of sp³-hybridized carbons (Fsp3) is 0.300. The van der Waals surface area contributed by atoms with Crippen LogP contribution in [0.1, 0.15) is 13.3 Å². The summed E-state index contributed by atoms with van der Waals surface area (Å²) >= 11 is 0. The number of benzene rings is 2. The van der Waals surface area contributed by atoms with Crippen LogP contribution in [0, 0.1) is 5.82 Å². The highest BCUT2D eigenvalue weighted by molar-refractivity contribution is 5.94. The van der Waals surface area contributed by atoms with Gasteiger partial charge in [0.1, 0.15) is 5.82 Å². The molecule has 0 radical (unpaired) electrons. The van der Waals surface area contributed by atoms with Gasteiger partial charge in [-0.1, -0.05) is 19.1 Å². The van der Waals surface area contributed by atoms with Crippen LogP contribution in [0.4, 0.5) is 10.1 Å². The van der Waals surface area contributed by atoms with Crippen LogP contribution in [-0.4, -0.2) is 43.5 Å². The number of nitrogens with one attached hydrogen (secondary N) is 1. The Kier molecular flexibility index (Phi) is 7.61. The van der Waals surface area contributed by atoms with Gasteiger partial charge in [0.05, 0.1) is 13.2 Å². The van der Waals surface area contributed by atoms with Gasteiger partial charge >= 0.3 is 0 Å². The number of para-hydroxylation sites is 2. The first-order valence-electron chi connectivity index (χ1n) is 8.63. The quantitative estimate of drug-likeness (QED) is 0.732. The summed E-state index contributed by atoms with van der Waals surface area (Å²) in [5, 5.41) is 2.60. The van der Waals surface area contributed by atoms with Crippen molar-refractivity contribution in [3.63, 3.8) is 0 Å². The molecule has 2 amide bonds. The van der Waals surface area contributed by atoms with Crippen LogP contribution < -0.4 is 14.8 Å². The summed E-state index contributed by atoms with van der Waals surface area (Å²) in [5.74, 6) is -0.0772. The zero-order chi connectivity index (χ0) is 19.6. The molecule has 0 aliphatic carbocycles. The van der Waals surface area contributed by atoms with E-state index >= 15 is 0 Å². The molecule has 0 aliphatic heterocycles. The third kappa shape index (κ3) is 6.62. The van der Waals surface area contributed by atoms with Crippen molar-refractivity contribution in [2.45, 2.75) is 13.3 Å². The molecule has 0 heterocycles. The molecule has 2 aromatic rings. The first kappa shape index (κ1) is 20.2. The number of hydrogen-bond acceptors (Lipinski definition) is 4. The van der Waals surface area contributed by atoms with E-state index < -0.39 is 0 Å². The molecule has 0 aromatic heterocycles. The number of nitrogens with zero attached hydrogens (tertiary/aromatic N) is 1. The number of ether oxygens (including phenoxy) is 2. The SMILES string of the molecule is CCCOc1ccccc1OCC(=O)N(C)CC(=O)Nc1ccc(F)cc1. The van der Waals surface area contributed by atoms with E-state index in [0.717, 1.165) is 6.42 Å². The molecule has 6 nitrogen and oxygen atoms in total. The van der Waals surface area contributed by atoms with Crippen molar-refractivity contribution in [1.82, 2.24) is 4.90 Å². The zero-order valence-electron chi connectivity index (χ0n) is 15.4. The van der Waals surface area contributed by atoms with Crippen molar-refractivity contribution >= 4 is 17.5 Å². The monoisotopic (exact) mass is 374 g/mol. The second-order valence-corrected chi connectivity index (χ2v) is 5.89. The summed E-state index contributed by atoms with van der Waals surface area (Å²) in [6, 6.07) is 12.5. The molecule has 2 rings (SSSR count). The normalized spacial score (nSPS) is 10.2. The van der Waals surface area contributed by atoms with Crippen molar-refractivity contribution < 1.29 is 23.5 Å². The molecule has 0 spiro atoms. The van der Waals surface area contributed by atoms with Crippen LogP contribution in [0.2, 0.25) is 0 Å². The molecule has 0 saturated heterocycles. The first-order valence-corrected chi connectivity index (χ1v) is 8.63. The van der Waals surface area contributed by atoms with Crippen LogP contribution in [0.5, 0.6) is 11.5 Å². The van der Waals surface area contributed by atoms with Crippen molar-refractivity contribution in [2.75, 3.05) is 32.1 Å². The number of carbonyl (C=O) groups excluding carboxylic acids is 2. The zero-order valence-corrected chi connectivity index (χ0v) is 15.4. The van der Waals surface area contributed by atoms with E-state index in [4.69, 9.17) is 9.47 Å². The largest absolute Gasteiger partial charge is 0.490 e. The molecule has 0 fully saturated rings. The van der Waals surface area contributed by atoms with Crippen LogP contribution in [0.3, 0.4) is 0 Å². The number of anilines is 1. The number of likely N-dealkylation sites (N-methyl/N-ethyl adjacent to an activating group) is 1. The minimum absolute atomic E-state index is 0.145. The van der Waals surface area contributed by atoms with E-state index in [2.05, 4.69) is 5.32 Å². The third-order valence-corrected chi connectivity index (χ3v) is 3.60. The molecular weight excluding hydrogens is 351 g/mol. The number of amides is 2. The Morgan fingerprint density at radius 1 is 1.04 bits per heavy atom. The van der Waals surface area contributed by atoms with Crippen LogP contribution in [0.25, 0.3) is 0 Å². The van der Waals surface area contributed by atoms with E-state index in [1.54, 1.807) is 18.2 Å². The molecule has 0 bridgehead atoms. The van der Waals surface area contributed by atoms with Crippen LogP contribution in [0.15, 0.2) is 48.5 Å². The lowest BCUT2D eigenvalue weighted by Gasteiger charge is -2.18. The molecule has 144 valence electrons. The molecule has 0 aliphatic rings. The summed E-state index contributed by atoms with van der Waals surface area (Å²) in [6.45, 7) is 2.19. The van der Waals surface area contributed by atoms with Gasteiger partial charge in [0, 0.05) is 12.7 Å². The lowest BCUT2D eigenvalue weighted by Crippen LogP contribution is -2.37. The number of carbonyl (C=O) groups is 2. The lowest BCUT2D eigenvalue weighted by atomic mass is 10.3. The Morgan fingerprint density at radius 3 is 2.30 bits per heavy atom. The average Bonchev–Trinajstić information content (AvgIpc) is 2.66. The van der Waals surface area contributed by atoms with Crippen LogP contribution >= 0.6 is 0 Å². The molecule has 0 atom stereocenters. The van der Waals surface area contributed by atoms with Crippen molar-refractivity contribution in [3.05, 3.63) is 54.3 Å². The Hall–Kier alpha value is -3.09. The minimum Gasteiger partial charge on any atom is -0.490 e. The Balaban J connectivity index is 1.83. The summed E-state index contributed by atoms with van der Waals surface area (Å²) < 4.78 is 24.0. The molecule has 7 heteroatoms. The van der Waals surface area contributed by atoms with Gasteiger partial charge in [-0.05, 0) is 42.8 Å². The van der Waals surface area contributed by atoms with Gasteiger partial charge in [-0.2, -0.15) is 0 Å². The third-order valence-electron chi connectivity index (χ3n) is 3.60. The molecule has 2 aromatic carbocycles. The van der Waals surface area contributed by atoms with Gasteiger partial charge in [0.2, 0.25) is 5.91 Å². The fourth-order valence-corrected chi connectivity index (χ4v) is 2.19. The maximum Gasteiger partial charge on any atom is 0.260 e. The first-order chi connectivity index (χ1) is 13.0. The molecule has 27 heavy (non-hydrogen) atoms. The molecule has 1 N–H and O–H groups in total. The minimum atomic E-state index is -0.388.